The lowest BCUT2D eigenvalue weighted by molar-refractivity contribution is -0.230. The maximum atomic E-state index is 12.4. The molecular formula is C20H28O5. The fourth-order valence-electron chi connectivity index (χ4n) is 5.31. The standard InChI is InChI=1S/C20H28O5/c1-11-6-5-7-20(13(3)21)9-8-19(4,25-20)15-10-14-12(2)18(22)24-17(14)16(11)23-15/h11,14-17H,2,5-10H2,1,3-4H3/t11-,14-,15-,16-,17+,19+,20?/m0/s1. The molecule has 0 N–H and O–H groups in total. The third kappa shape index (κ3) is 2.50. The molecule has 4 fully saturated rings. The molecule has 4 rings (SSSR count). The van der Waals surface area contributed by atoms with Crippen LogP contribution in [0.15, 0.2) is 12.2 Å². The Morgan fingerprint density at radius 1 is 1.24 bits per heavy atom. The number of ether oxygens (including phenoxy) is 3. The summed E-state index contributed by atoms with van der Waals surface area (Å²) in [6, 6.07) is 0. The average molecular weight is 348 g/mol. The van der Waals surface area contributed by atoms with Crippen LogP contribution in [-0.4, -0.2) is 41.3 Å². The van der Waals surface area contributed by atoms with E-state index in [0.29, 0.717) is 12.0 Å². The predicted octanol–water partition coefficient (Wildman–Crippen LogP) is 2.96. The van der Waals surface area contributed by atoms with Gasteiger partial charge in [0.15, 0.2) is 5.78 Å². The van der Waals surface area contributed by atoms with Crippen molar-refractivity contribution in [1.82, 2.24) is 0 Å². The van der Waals surface area contributed by atoms with Crippen LogP contribution < -0.4 is 0 Å². The summed E-state index contributed by atoms with van der Waals surface area (Å²) in [6.45, 7) is 9.84. The fraction of sp³-hybridized carbons (Fsp3) is 0.800. The molecule has 7 atom stereocenters. The van der Waals surface area contributed by atoms with Crippen molar-refractivity contribution in [2.24, 2.45) is 11.8 Å². The summed E-state index contributed by atoms with van der Waals surface area (Å²) < 4.78 is 18.6. The van der Waals surface area contributed by atoms with E-state index in [-0.39, 0.29) is 41.9 Å². The highest BCUT2D eigenvalue weighted by molar-refractivity contribution is 5.91. The quantitative estimate of drug-likeness (QED) is 0.538. The van der Waals surface area contributed by atoms with Crippen LogP contribution >= 0.6 is 0 Å². The first-order valence-corrected chi connectivity index (χ1v) is 9.52. The maximum Gasteiger partial charge on any atom is 0.334 e. The Labute approximate surface area is 149 Å². The van der Waals surface area contributed by atoms with Gasteiger partial charge in [0.05, 0.1) is 17.8 Å². The molecule has 0 aliphatic carbocycles. The molecule has 25 heavy (non-hydrogen) atoms. The van der Waals surface area contributed by atoms with Crippen LogP contribution in [0.5, 0.6) is 0 Å². The van der Waals surface area contributed by atoms with Gasteiger partial charge in [0.25, 0.3) is 0 Å². The van der Waals surface area contributed by atoms with Crippen molar-refractivity contribution < 1.29 is 23.8 Å². The van der Waals surface area contributed by atoms with Crippen molar-refractivity contribution in [3.05, 3.63) is 12.2 Å². The van der Waals surface area contributed by atoms with E-state index in [1.165, 1.54) is 0 Å². The average Bonchev–Trinajstić information content (AvgIpc) is 3.06. The summed E-state index contributed by atoms with van der Waals surface area (Å²) in [5.41, 5.74) is -0.606. The highest BCUT2D eigenvalue weighted by Crippen LogP contribution is 2.51. The number of hydrogen-bond donors (Lipinski definition) is 0. The maximum absolute atomic E-state index is 12.4. The first kappa shape index (κ1) is 17.2. The van der Waals surface area contributed by atoms with Crippen molar-refractivity contribution in [2.75, 3.05) is 0 Å². The normalized spacial score (nSPS) is 49.5. The van der Waals surface area contributed by atoms with E-state index in [1.54, 1.807) is 6.92 Å². The van der Waals surface area contributed by atoms with Crippen molar-refractivity contribution in [3.8, 4) is 0 Å². The van der Waals surface area contributed by atoms with Gasteiger partial charge in [-0.2, -0.15) is 0 Å². The van der Waals surface area contributed by atoms with Gasteiger partial charge in [0, 0.05) is 11.5 Å². The number of rotatable bonds is 1. The molecule has 0 aromatic heterocycles. The molecule has 0 aromatic rings. The molecule has 0 amide bonds. The summed E-state index contributed by atoms with van der Waals surface area (Å²) in [7, 11) is 0. The van der Waals surface area contributed by atoms with Gasteiger partial charge >= 0.3 is 5.97 Å². The smallest absolute Gasteiger partial charge is 0.334 e. The molecule has 0 saturated carbocycles. The molecule has 0 aromatic carbocycles. The number of Topliss-reactive ketones (excluding diaryl/α,β-unsaturated/α-hetero) is 1. The fourth-order valence-corrected chi connectivity index (χ4v) is 5.31. The van der Waals surface area contributed by atoms with Crippen molar-refractivity contribution in [3.63, 3.8) is 0 Å². The van der Waals surface area contributed by atoms with Crippen molar-refractivity contribution in [1.29, 1.82) is 0 Å². The Hall–Kier alpha value is -1.20. The van der Waals surface area contributed by atoms with E-state index < -0.39 is 11.2 Å². The lowest BCUT2D eigenvalue weighted by Gasteiger charge is -2.47. The Morgan fingerprint density at radius 2 is 2.00 bits per heavy atom. The van der Waals surface area contributed by atoms with E-state index >= 15 is 0 Å². The first-order valence-electron chi connectivity index (χ1n) is 9.52. The third-order valence-electron chi connectivity index (χ3n) is 7.04. The van der Waals surface area contributed by atoms with Gasteiger partial charge in [0.1, 0.15) is 11.7 Å². The van der Waals surface area contributed by atoms with Gasteiger partial charge in [-0.25, -0.2) is 4.79 Å². The Kier molecular flexibility index (Phi) is 3.89. The summed E-state index contributed by atoms with van der Waals surface area (Å²) in [6.07, 6.45) is 4.33. The molecule has 138 valence electrons. The van der Waals surface area contributed by atoms with E-state index in [9.17, 15) is 9.59 Å². The van der Waals surface area contributed by atoms with Crippen molar-refractivity contribution >= 4 is 11.8 Å². The zero-order valence-corrected chi connectivity index (χ0v) is 15.4. The number of ketones is 1. The van der Waals surface area contributed by atoms with Crippen LogP contribution in [0.3, 0.4) is 0 Å². The summed E-state index contributed by atoms with van der Waals surface area (Å²) in [5.74, 6) is 0.0883. The monoisotopic (exact) mass is 348 g/mol. The van der Waals surface area contributed by atoms with Gasteiger partial charge in [0.2, 0.25) is 0 Å². The number of esters is 1. The van der Waals surface area contributed by atoms with E-state index in [1.807, 2.05) is 0 Å². The highest BCUT2D eigenvalue weighted by atomic mass is 16.6. The Bertz CT molecular complexity index is 628. The lowest BCUT2D eigenvalue weighted by Crippen LogP contribution is -2.55. The van der Waals surface area contributed by atoms with Gasteiger partial charge in [-0.15, -0.1) is 0 Å². The molecular weight excluding hydrogens is 320 g/mol. The van der Waals surface area contributed by atoms with Crippen molar-refractivity contribution in [2.45, 2.75) is 88.8 Å². The lowest BCUT2D eigenvalue weighted by atomic mass is 9.77. The Morgan fingerprint density at radius 3 is 2.72 bits per heavy atom. The topological polar surface area (TPSA) is 61.8 Å². The molecule has 4 aliphatic heterocycles. The second-order valence-electron chi connectivity index (χ2n) is 8.66. The molecule has 4 heterocycles. The third-order valence-corrected chi connectivity index (χ3v) is 7.04. The molecule has 1 unspecified atom stereocenters. The highest BCUT2D eigenvalue weighted by Gasteiger charge is 2.59. The zero-order chi connectivity index (χ0) is 18.0. The van der Waals surface area contributed by atoms with Crippen LogP contribution in [0.25, 0.3) is 0 Å². The van der Waals surface area contributed by atoms with Gasteiger partial charge < -0.3 is 14.2 Å². The minimum Gasteiger partial charge on any atom is -0.456 e. The predicted molar refractivity (Wildman–Crippen MR) is 90.9 cm³/mol. The second-order valence-corrected chi connectivity index (χ2v) is 8.66. The van der Waals surface area contributed by atoms with Crippen LogP contribution in [0, 0.1) is 11.8 Å². The van der Waals surface area contributed by atoms with Crippen LogP contribution in [0.2, 0.25) is 0 Å². The van der Waals surface area contributed by atoms with E-state index in [2.05, 4.69) is 20.4 Å². The summed E-state index contributed by atoms with van der Waals surface area (Å²) >= 11 is 0. The van der Waals surface area contributed by atoms with Crippen LogP contribution in [0.1, 0.15) is 59.3 Å². The minimum absolute atomic E-state index is 0.00844. The van der Waals surface area contributed by atoms with E-state index in [0.717, 1.165) is 32.1 Å². The minimum atomic E-state index is -0.666. The van der Waals surface area contributed by atoms with Crippen LogP contribution in [0.4, 0.5) is 0 Å². The second kappa shape index (κ2) is 5.65. The van der Waals surface area contributed by atoms with E-state index in [4.69, 9.17) is 14.2 Å². The zero-order valence-electron chi connectivity index (χ0n) is 15.4. The first-order chi connectivity index (χ1) is 11.8. The van der Waals surface area contributed by atoms with Gasteiger partial charge in [-0.05, 0) is 58.3 Å². The number of carbonyl (C=O) groups excluding carboxylic acids is 2. The molecule has 4 saturated heterocycles. The molecule has 0 spiro atoms. The molecule has 5 nitrogen and oxygen atoms in total. The van der Waals surface area contributed by atoms with Crippen LogP contribution in [-0.2, 0) is 23.8 Å². The molecule has 4 bridgehead atoms. The Balaban J connectivity index is 1.71. The van der Waals surface area contributed by atoms with Gasteiger partial charge in [-0.1, -0.05) is 13.5 Å². The summed E-state index contributed by atoms with van der Waals surface area (Å²) in [4.78, 5) is 24.4. The van der Waals surface area contributed by atoms with Gasteiger partial charge in [-0.3, -0.25) is 4.79 Å². The molecule has 4 aliphatic rings. The number of carbonyl (C=O) groups is 2. The number of hydrogen-bond acceptors (Lipinski definition) is 5. The summed E-state index contributed by atoms with van der Waals surface area (Å²) in [5, 5.41) is 0. The molecule has 0 radical (unpaired) electrons. The largest absolute Gasteiger partial charge is 0.456 e. The molecule has 5 heteroatoms. The number of fused-ring (bicyclic) bond motifs is 7. The SMILES string of the molecule is C=C1C(=O)O[C@H]2[C@H]3O[C@@H](C[C@@H]12)[C@@]1(C)CCC(C(C)=O)(CCC[C@@H]3C)O1.